The van der Waals surface area contributed by atoms with Crippen LogP contribution in [0.2, 0.25) is 0 Å². The van der Waals surface area contributed by atoms with Crippen molar-refractivity contribution >= 4 is 28.2 Å². The molecule has 0 amide bonds. The van der Waals surface area contributed by atoms with Crippen LogP contribution >= 0.6 is 0 Å². The smallest absolute Gasteiger partial charge is 0.335 e. The SMILES string of the molecule is Cc1ccc(C(=O)O)cc1Nc1ccnc2ccc(F)cc12. The summed E-state index contributed by atoms with van der Waals surface area (Å²) < 4.78 is 13.5. The van der Waals surface area contributed by atoms with Crippen LogP contribution in [-0.4, -0.2) is 16.1 Å². The van der Waals surface area contributed by atoms with Gasteiger partial charge >= 0.3 is 5.97 Å². The van der Waals surface area contributed by atoms with Crippen molar-refractivity contribution in [3.63, 3.8) is 0 Å². The van der Waals surface area contributed by atoms with E-state index in [0.717, 1.165) is 5.56 Å². The number of aromatic nitrogens is 1. The second kappa shape index (κ2) is 5.44. The van der Waals surface area contributed by atoms with E-state index in [9.17, 15) is 9.18 Å². The van der Waals surface area contributed by atoms with Crippen molar-refractivity contribution in [2.75, 3.05) is 5.32 Å². The molecule has 0 aliphatic carbocycles. The molecule has 0 radical (unpaired) electrons. The Kier molecular flexibility index (Phi) is 3.47. The predicted molar refractivity (Wildman–Crippen MR) is 83.1 cm³/mol. The van der Waals surface area contributed by atoms with E-state index in [4.69, 9.17) is 5.11 Å². The van der Waals surface area contributed by atoms with E-state index in [-0.39, 0.29) is 11.4 Å². The molecule has 3 rings (SSSR count). The summed E-state index contributed by atoms with van der Waals surface area (Å²) in [5, 5.41) is 12.9. The van der Waals surface area contributed by atoms with Gasteiger partial charge in [0.2, 0.25) is 0 Å². The molecule has 0 aliphatic rings. The predicted octanol–water partition coefficient (Wildman–Crippen LogP) is 4.12. The van der Waals surface area contributed by atoms with Gasteiger partial charge in [-0.15, -0.1) is 0 Å². The van der Waals surface area contributed by atoms with Gasteiger partial charge in [-0.2, -0.15) is 0 Å². The molecule has 1 aromatic heterocycles. The minimum Gasteiger partial charge on any atom is -0.478 e. The number of carbonyl (C=O) groups is 1. The van der Waals surface area contributed by atoms with Gasteiger partial charge in [0, 0.05) is 23.0 Å². The molecule has 0 aliphatic heterocycles. The Hall–Kier alpha value is -2.95. The molecule has 0 unspecified atom stereocenters. The van der Waals surface area contributed by atoms with E-state index in [1.807, 2.05) is 6.92 Å². The lowest BCUT2D eigenvalue weighted by molar-refractivity contribution is 0.0697. The largest absolute Gasteiger partial charge is 0.478 e. The highest BCUT2D eigenvalue weighted by Gasteiger charge is 2.09. The molecule has 0 saturated heterocycles. The number of aryl methyl sites for hydroxylation is 1. The average Bonchev–Trinajstić information content (AvgIpc) is 2.49. The number of carboxylic acid groups (broad SMARTS) is 1. The van der Waals surface area contributed by atoms with Crippen molar-refractivity contribution in [3.05, 3.63) is 65.6 Å². The summed E-state index contributed by atoms with van der Waals surface area (Å²) in [5.74, 6) is -1.34. The Labute approximate surface area is 126 Å². The topological polar surface area (TPSA) is 62.2 Å². The number of nitrogens with zero attached hydrogens (tertiary/aromatic N) is 1. The van der Waals surface area contributed by atoms with Crippen LogP contribution in [-0.2, 0) is 0 Å². The number of hydrogen-bond acceptors (Lipinski definition) is 3. The standard InChI is InChI=1S/C17H13FN2O2/c1-10-2-3-11(17(21)22)8-16(10)20-15-6-7-19-14-5-4-12(18)9-13(14)15/h2-9H,1H3,(H,19,20)(H,21,22). The number of nitrogens with one attached hydrogen (secondary N) is 1. The fourth-order valence-electron chi connectivity index (χ4n) is 2.26. The zero-order valence-electron chi connectivity index (χ0n) is 11.8. The lowest BCUT2D eigenvalue weighted by Crippen LogP contribution is -2.00. The van der Waals surface area contributed by atoms with Crippen LogP contribution in [0, 0.1) is 12.7 Å². The van der Waals surface area contributed by atoms with Gasteiger partial charge in [-0.1, -0.05) is 6.07 Å². The summed E-state index contributed by atoms with van der Waals surface area (Å²) in [6.07, 6.45) is 1.62. The molecule has 0 saturated carbocycles. The third kappa shape index (κ3) is 2.61. The van der Waals surface area contributed by atoms with Crippen molar-refractivity contribution in [2.45, 2.75) is 6.92 Å². The fourth-order valence-corrected chi connectivity index (χ4v) is 2.26. The molecule has 1 heterocycles. The van der Waals surface area contributed by atoms with Crippen LogP contribution in [0.3, 0.4) is 0 Å². The number of benzene rings is 2. The zero-order chi connectivity index (χ0) is 15.7. The first kappa shape index (κ1) is 14.0. The Morgan fingerprint density at radius 1 is 1.14 bits per heavy atom. The molecule has 2 aromatic carbocycles. The summed E-state index contributed by atoms with van der Waals surface area (Å²) in [6, 6.07) is 10.9. The van der Waals surface area contributed by atoms with E-state index < -0.39 is 5.97 Å². The van der Waals surface area contributed by atoms with Crippen LogP contribution in [0.1, 0.15) is 15.9 Å². The maximum atomic E-state index is 13.5. The summed E-state index contributed by atoms with van der Waals surface area (Å²) >= 11 is 0. The lowest BCUT2D eigenvalue weighted by atomic mass is 10.1. The van der Waals surface area contributed by atoms with Crippen molar-refractivity contribution in [3.8, 4) is 0 Å². The van der Waals surface area contributed by atoms with Gasteiger partial charge in [0.1, 0.15) is 5.82 Å². The summed E-state index contributed by atoms with van der Waals surface area (Å²) in [6.45, 7) is 1.87. The van der Waals surface area contributed by atoms with Crippen LogP contribution in [0.4, 0.5) is 15.8 Å². The number of halogens is 1. The van der Waals surface area contributed by atoms with Crippen LogP contribution in [0.15, 0.2) is 48.7 Å². The zero-order valence-corrected chi connectivity index (χ0v) is 11.8. The summed E-state index contributed by atoms with van der Waals surface area (Å²) in [7, 11) is 0. The molecule has 4 nitrogen and oxygen atoms in total. The number of aromatic carboxylic acids is 1. The first-order valence-corrected chi connectivity index (χ1v) is 6.70. The van der Waals surface area contributed by atoms with Crippen LogP contribution in [0.25, 0.3) is 10.9 Å². The number of fused-ring (bicyclic) bond motifs is 1. The average molecular weight is 296 g/mol. The Bertz CT molecular complexity index is 878. The minimum absolute atomic E-state index is 0.192. The number of pyridine rings is 1. The van der Waals surface area contributed by atoms with Crippen molar-refractivity contribution in [1.29, 1.82) is 0 Å². The Morgan fingerprint density at radius 2 is 1.95 bits per heavy atom. The first-order valence-electron chi connectivity index (χ1n) is 6.70. The van der Waals surface area contributed by atoms with E-state index in [1.54, 1.807) is 36.5 Å². The van der Waals surface area contributed by atoms with Crippen LogP contribution < -0.4 is 5.32 Å². The van der Waals surface area contributed by atoms with Gasteiger partial charge < -0.3 is 10.4 Å². The highest BCUT2D eigenvalue weighted by Crippen LogP contribution is 2.28. The van der Waals surface area contributed by atoms with Crippen LogP contribution in [0.5, 0.6) is 0 Å². The van der Waals surface area contributed by atoms with Gasteiger partial charge in [-0.3, -0.25) is 4.98 Å². The normalized spacial score (nSPS) is 10.6. The third-order valence-corrected chi connectivity index (χ3v) is 3.46. The van der Waals surface area contributed by atoms with Crippen molar-refractivity contribution in [1.82, 2.24) is 4.98 Å². The molecular formula is C17H13FN2O2. The molecule has 3 aromatic rings. The second-order valence-electron chi connectivity index (χ2n) is 4.98. The molecule has 22 heavy (non-hydrogen) atoms. The fraction of sp³-hybridized carbons (Fsp3) is 0.0588. The van der Waals surface area contributed by atoms with E-state index in [1.165, 1.54) is 12.1 Å². The summed E-state index contributed by atoms with van der Waals surface area (Å²) in [5.41, 5.74) is 3.09. The number of anilines is 2. The quantitative estimate of drug-likeness (QED) is 0.763. The van der Waals surface area contributed by atoms with Gasteiger partial charge in [-0.05, 0) is 48.9 Å². The number of hydrogen-bond donors (Lipinski definition) is 2. The molecule has 5 heteroatoms. The van der Waals surface area contributed by atoms with Gasteiger partial charge in [0.15, 0.2) is 0 Å². The van der Waals surface area contributed by atoms with Gasteiger partial charge in [0.25, 0.3) is 0 Å². The number of carboxylic acids is 1. The molecule has 0 atom stereocenters. The molecule has 2 N–H and O–H groups in total. The van der Waals surface area contributed by atoms with Crippen molar-refractivity contribution in [2.24, 2.45) is 0 Å². The molecular weight excluding hydrogens is 283 g/mol. The second-order valence-corrected chi connectivity index (χ2v) is 4.98. The molecule has 0 spiro atoms. The molecule has 110 valence electrons. The van der Waals surface area contributed by atoms with Gasteiger partial charge in [0.05, 0.1) is 11.1 Å². The Morgan fingerprint density at radius 3 is 2.73 bits per heavy atom. The number of rotatable bonds is 3. The van der Waals surface area contributed by atoms with E-state index in [2.05, 4.69) is 10.3 Å². The van der Waals surface area contributed by atoms with Crippen molar-refractivity contribution < 1.29 is 14.3 Å². The minimum atomic E-state index is -0.992. The molecule has 0 bridgehead atoms. The lowest BCUT2D eigenvalue weighted by Gasteiger charge is -2.12. The monoisotopic (exact) mass is 296 g/mol. The highest BCUT2D eigenvalue weighted by molar-refractivity contribution is 5.94. The Balaban J connectivity index is 2.09. The molecule has 0 fully saturated rings. The van der Waals surface area contributed by atoms with E-state index >= 15 is 0 Å². The highest BCUT2D eigenvalue weighted by atomic mass is 19.1. The third-order valence-electron chi connectivity index (χ3n) is 3.46. The first-order chi connectivity index (χ1) is 10.5. The van der Waals surface area contributed by atoms with Gasteiger partial charge in [-0.25, -0.2) is 9.18 Å². The summed E-state index contributed by atoms with van der Waals surface area (Å²) in [4.78, 5) is 15.3. The maximum Gasteiger partial charge on any atom is 0.335 e. The van der Waals surface area contributed by atoms with E-state index in [0.29, 0.717) is 22.3 Å². The maximum absolute atomic E-state index is 13.5.